The Labute approximate surface area is 330 Å². The second-order valence-electron chi connectivity index (χ2n) is 14.5. The third-order valence-corrected chi connectivity index (χ3v) is 9.78. The van der Waals surface area contributed by atoms with E-state index in [0.717, 1.165) is 41.8 Å². The van der Waals surface area contributed by atoms with Crippen molar-refractivity contribution in [2.45, 2.75) is 123 Å². The molecule has 0 spiro atoms. The van der Waals surface area contributed by atoms with Crippen LogP contribution in [0.1, 0.15) is 153 Å². The molecule has 6 nitrogen and oxygen atoms in total. The largest absolute Gasteiger partial charge is 0.462 e. The lowest BCUT2D eigenvalue weighted by Gasteiger charge is -2.07. The monoisotopic (exact) mass is 742 g/mol. The summed E-state index contributed by atoms with van der Waals surface area (Å²) in [7, 11) is 0. The average Bonchev–Trinajstić information content (AvgIpc) is 3.22. The van der Waals surface area contributed by atoms with E-state index in [1.807, 2.05) is 36.7 Å². The van der Waals surface area contributed by atoms with Crippen LogP contribution in [0.25, 0.3) is 0 Å². The number of benzene rings is 4. The van der Waals surface area contributed by atoms with Crippen LogP contribution in [0.5, 0.6) is 0 Å². The van der Waals surface area contributed by atoms with E-state index < -0.39 is 0 Å². The molecule has 4 rings (SSSR count). The van der Waals surface area contributed by atoms with Gasteiger partial charge in [-0.05, 0) is 116 Å². The summed E-state index contributed by atoms with van der Waals surface area (Å²) in [5.41, 5.74) is 7.40. The number of carbonyl (C=O) groups excluding carboxylic acids is 2. The predicted molar refractivity (Wildman–Crippen MR) is 229 cm³/mol. The zero-order valence-corrected chi connectivity index (χ0v) is 33.4. The lowest BCUT2D eigenvalue weighted by molar-refractivity contribution is 0.0478. The highest BCUT2D eigenvalue weighted by molar-refractivity contribution is 5.91. The number of nitrogens with zero attached hydrogens (tertiary/aromatic N) is 2. The molecule has 0 atom stereocenters. The first-order chi connectivity index (χ1) is 27.0. The van der Waals surface area contributed by atoms with Crippen molar-refractivity contribution in [3.63, 3.8) is 0 Å². The van der Waals surface area contributed by atoms with Gasteiger partial charge in [-0.15, -0.1) is 0 Å². The van der Waals surface area contributed by atoms with E-state index in [2.05, 4.69) is 72.4 Å². The minimum atomic E-state index is -0.346. The van der Waals surface area contributed by atoms with Gasteiger partial charge >= 0.3 is 11.9 Å². The van der Waals surface area contributed by atoms with E-state index in [9.17, 15) is 9.59 Å². The Bertz CT molecular complexity index is 1580. The second-order valence-corrected chi connectivity index (χ2v) is 14.5. The van der Waals surface area contributed by atoms with Gasteiger partial charge in [-0.1, -0.05) is 127 Å². The molecule has 0 amide bonds. The Balaban J connectivity index is 1.05. The lowest BCUT2D eigenvalue weighted by atomic mass is 10.0. The van der Waals surface area contributed by atoms with Gasteiger partial charge in [0.25, 0.3) is 0 Å². The number of rotatable bonds is 26. The van der Waals surface area contributed by atoms with Crippen molar-refractivity contribution in [3.8, 4) is 0 Å². The first kappa shape index (κ1) is 42.9. The fourth-order valence-electron chi connectivity index (χ4n) is 6.30. The van der Waals surface area contributed by atoms with Gasteiger partial charge in [-0.2, -0.15) is 0 Å². The predicted octanol–water partition coefficient (Wildman–Crippen LogP) is 13.2. The third kappa shape index (κ3) is 17.4. The van der Waals surface area contributed by atoms with Gasteiger partial charge in [0.15, 0.2) is 0 Å². The van der Waals surface area contributed by atoms with Crippen LogP contribution in [0.2, 0.25) is 0 Å². The van der Waals surface area contributed by atoms with Crippen LogP contribution < -0.4 is 0 Å². The molecule has 0 radical (unpaired) electrons. The van der Waals surface area contributed by atoms with Crippen LogP contribution in [0, 0.1) is 0 Å². The molecule has 0 N–H and O–H groups in total. The van der Waals surface area contributed by atoms with Crippen molar-refractivity contribution in [1.82, 2.24) is 0 Å². The number of carbonyl (C=O) groups is 2. The normalized spacial score (nSPS) is 11.4. The standard InChI is InChI=1S/C49H62N2O4/c1-3-5-7-9-11-14-18-40-24-32-46(33-25-40)50-38-42-20-28-44(29-21-42)48(52)54-36-16-13-17-37-55-49(53)45-30-22-43(23-31-45)39-51-47-34-26-41(27-35-47)19-15-12-10-8-6-4-2/h20-35,38-39H,3-19,36-37H2,1-2H3. The van der Waals surface area contributed by atoms with Crippen molar-refractivity contribution in [2.24, 2.45) is 9.98 Å². The first-order valence-electron chi connectivity index (χ1n) is 20.8. The molecule has 0 aliphatic carbocycles. The lowest BCUT2D eigenvalue weighted by Crippen LogP contribution is -2.08. The van der Waals surface area contributed by atoms with Crippen LogP contribution in [0.3, 0.4) is 0 Å². The molecule has 0 bridgehead atoms. The van der Waals surface area contributed by atoms with Gasteiger partial charge in [0.05, 0.1) is 35.7 Å². The molecule has 55 heavy (non-hydrogen) atoms. The summed E-state index contributed by atoms with van der Waals surface area (Å²) in [6.45, 7) is 5.13. The minimum absolute atomic E-state index is 0.317. The Hall–Kier alpha value is -4.84. The van der Waals surface area contributed by atoms with Crippen LogP contribution in [-0.4, -0.2) is 37.6 Å². The fraction of sp³-hybridized carbons (Fsp3) is 0.429. The van der Waals surface area contributed by atoms with Crippen LogP contribution in [-0.2, 0) is 22.3 Å². The Morgan fingerprint density at radius 2 is 0.782 bits per heavy atom. The second kappa shape index (κ2) is 26.0. The van der Waals surface area contributed by atoms with Crippen LogP contribution in [0.4, 0.5) is 11.4 Å². The van der Waals surface area contributed by atoms with Gasteiger partial charge in [0, 0.05) is 12.4 Å². The number of aliphatic imine (C=N–C) groups is 2. The Kier molecular flexibility index (Phi) is 20.3. The van der Waals surface area contributed by atoms with Crippen molar-refractivity contribution in [3.05, 3.63) is 130 Å². The molecule has 0 aliphatic heterocycles. The van der Waals surface area contributed by atoms with Crippen molar-refractivity contribution in [2.75, 3.05) is 13.2 Å². The van der Waals surface area contributed by atoms with Crippen molar-refractivity contribution in [1.29, 1.82) is 0 Å². The van der Waals surface area contributed by atoms with Gasteiger partial charge in [0.1, 0.15) is 0 Å². The molecule has 0 unspecified atom stereocenters. The molecular weight excluding hydrogens is 681 g/mol. The summed E-state index contributed by atoms with van der Waals surface area (Å²) in [5, 5.41) is 0. The summed E-state index contributed by atoms with van der Waals surface area (Å²) in [6, 6.07) is 31.5. The van der Waals surface area contributed by atoms with Crippen molar-refractivity contribution < 1.29 is 19.1 Å². The van der Waals surface area contributed by atoms with E-state index >= 15 is 0 Å². The Morgan fingerprint density at radius 3 is 1.16 bits per heavy atom. The number of aryl methyl sites for hydroxylation is 2. The zero-order valence-electron chi connectivity index (χ0n) is 33.4. The Morgan fingerprint density at radius 1 is 0.436 bits per heavy atom. The number of unbranched alkanes of at least 4 members (excludes halogenated alkanes) is 12. The summed E-state index contributed by atoms with van der Waals surface area (Å²) in [4.78, 5) is 34.2. The van der Waals surface area contributed by atoms with Gasteiger partial charge < -0.3 is 9.47 Å². The summed E-state index contributed by atoms with van der Waals surface area (Å²) >= 11 is 0. The van der Waals surface area contributed by atoms with E-state index in [-0.39, 0.29) is 11.9 Å². The highest BCUT2D eigenvalue weighted by Crippen LogP contribution is 2.18. The maximum atomic E-state index is 12.5. The first-order valence-corrected chi connectivity index (χ1v) is 20.8. The SMILES string of the molecule is CCCCCCCCc1ccc(N=Cc2ccc(C(=O)OCCCCCOC(=O)c3ccc(C=Nc4ccc(CCCCCCCC)cc4)cc3)cc2)cc1. The zero-order chi connectivity index (χ0) is 38.8. The number of hydrogen-bond donors (Lipinski definition) is 0. The third-order valence-electron chi connectivity index (χ3n) is 9.78. The topological polar surface area (TPSA) is 77.3 Å². The van der Waals surface area contributed by atoms with Crippen LogP contribution >= 0.6 is 0 Å². The van der Waals surface area contributed by atoms with Crippen LogP contribution in [0.15, 0.2) is 107 Å². The van der Waals surface area contributed by atoms with Gasteiger partial charge in [-0.3, -0.25) is 9.98 Å². The molecule has 0 saturated carbocycles. The molecule has 0 aromatic heterocycles. The molecule has 4 aromatic carbocycles. The molecule has 0 aliphatic rings. The number of hydrogen-bond acceptors (Lipinski definition) is 6. The minimum Gasteiger partial charge on any atom is -0.462 e. The molecule has 0 heterocycles. The van der Waals surface area contributed by atoms with E-state index in [1.54, 1.807) is 24.3 Å². The van der Waals surface area contributed by atoms with Crippen molar-refractivity contribution >= 4 is 35.7 Å². The fourth-order valence-corrected chi connectivity index (χ4v) is 6.30. The molecule has 0 saturated heterocycles. The quantitative estimate of drug-likeness (QED) is 0.0364. The van der Waals surface area contributed by atoms with E-state index in [4.69, 9.17) is 9.47 Å². The molecule has 6 heteroatoms. The van der Waals surface area contributed by atoms with Gasteiger partial charge in [0.2, 0.25) is 0 Å². The van der Waals surface area contributed by atoms with E-state index in [0.29, 0.717) is 37.2 Å². The molecular formula is C49H62N2O4. The number of esters is 2. The molecule has 292 valence electrons. The maximum Gasteiger partial charge on any atom is 0.338 e. The summed E-state index contributed by atoms with van der Waals surface area (Å²) in [5.74, 6) is -0.692. The maximum absolute atomic E-state index is 12.5. The van der Waals surface area contributed by atoms with E-state index in [1.165, 1.54) is 88.2 Å². The highest BCUT2D eigenvalue weighted by Gasteiger charge is 2.08. The number of ether oxygens (including phenoxy) is 2. The smallest absolute Gasteiger partial charge is 0.338 e. The molecule has 0 fully saturated rings. The molecule has 4 aromatic rings. The summed E-state index contributed by atoms with van der Waals surface area (Å²) in [6.07, 6.45) is 23.7. The highest BCUT2D eigenvalue weighted by atomic mass is 16.5. The van der Waals surface area contributed by atoms with Gasteiger partial charge in [-0.25, -0.2) is 9.59 Å². The summed E-state index contributed by atoms with van der Waals surface area (Å²) < 4.78 is 10.9. The average molecular weight is 743 g/mol.